The van der Waals surface area contributed by atoms with Gasteiger partial charge in [0.15, 0.2) is 5.96 Å². The predicted molar refractivity (Wildman–Crippen MR) is 123 cm³/mol. The van der Waals surface area contributed by atoms with Crippen molar-refractivity contribution in [3.8, 4) is 0 Å². The molecule has 0 spiro atoms. The lowest BCUT2D eigenvalue weighted by Crippen LogP contribution is -2.47. The highest BCUT2D eigenvalue weighted by atomic mass is 16.2. The van der Waals surface area contributed by atoms with Crippen LogP contribution in [0, 0.1) is 0 Å². The van der Waals surface area contributed by atoms with Crippen molar-refractivity contribution in [2.24, 2.45) is 4.99 Å². The molecule has 0 saturated carbocycles. The van der Waals surface area contributed by atoms with Gasteiger partial charge in [0.2, 0.25) is 0 Å². The summed E-state index contributed by atoms with van der Waals surface area (Å²) in [6, 6.07) is 16.8. The molecule has 0 aromatic heterocycles. The SMILES string of the molecule is CN=C(NCc1ccc(C(=O)N(C)C)cc1)NCC(C)N1CCc2ccccc2C1. The van der Waals surface area contributed by atoms with Crippen LogP contribution in [0.25, 0.3) is 0 Å². The van der Waals surface area contributed by atoms with Crippen molar-refractivity contribution in [3.63, 3.8) is 0 Å². The molecule has 1 unspecified atom stereocenters. The zero-order chi connectivity index (χ0) is 21.5. The molecule has 6 nitrogen and oxygen atoms in total. The van der Waals surface area contributed by atoms with Crippen molar-refractivity contribution < 1.29 is 4.79 Å². The van der Waals surface area contributed by atoms with Gasteiger partial charge in [-0.15, -0.1) is 0 Å². The first-order valence-electron chi connectivity index (χ1n) is 10.5. The van der Waals surface area contributed by atoms with Crippen molar-refractivity contribution in [3.05, 3.63) is 70.8 Å². The van der Waals surface area contributed by atoms with Crippen LogP contribution in [0.15, 0.2) is 53.5 Å². The van der Waals surface area contributed by atoms with E-state index in [4.69, 9.17) is 0 Å². The zero-order valence-corrected chi connectivity index (χ0v) is 18.5. The number of carbonyl (C=O) groups excluding carboxylic acids is 1. The number of fused-ring (bicyclic) bond motifs is 1. The molecule has 1 amide bonds. The maximum Gasteiger partial charge on any atom is 0.253 e. The fraction of sp³-hybridized carbons (Fsp3) is 0.417. The minimum absolute atomic E-state index is 0.0151. The Kier molecular flexibility index (Phi) is 7.46. The van der Waals surface area contributed by atoms with Gasteiger partial charge in [-0.3, -0.25) is 14.7 Å². The summed E-state index contributed by atoms with van der Waals surface area (Å²) in [5.74, 6) is 0.800. The maximum atomic E-state index is 12.0. The van der Waals surface area contributed by atoms with Gasteiger partial charge in [-0.1, -0.05) is 36.4 Å². The Bertz CT molecular complexity index is 875. The minimum atomic E-state index is 0.0151. The first-order chi connectivity index (χ1) is 14.5. The average molecular weight is 408 g/mol. The minimum Gasteiger partial charge on any atom is -0.355 e. The van der Waals surface area contributed by atoms with Crippen LogP contribution < -0.4 is 10.6 Å². The smallest absolute Gasteiger partial charge is 0.253 e. The monoisotopic (exact) mass is 407 g/mol. The van der Waals surface area contributed by atoms with Crippen molar-refractivity contribution >= 4 is 11.9 Å². The van der Waals surface area contributed by atoms with E-state index in [0.717, 1.165) is 37.6 Å². The maximum absolute atomic E-state index is 12.0. The lowest BCUT2D eigenvalue weighted by atomic mass is 9.99. The molecule has 1 atom stereocenters. The molecule has 0 radical (unpaired) electrons. The highest BCUT2D eigenvalue weighted by Gasteiger charge is 2.20. The molecule has 160 valence electrons. The van der Waals surface area contributed by atoms with Crippen LogP contribution in [0.2, 0.25) is 0 Å². The van der Waals surface area contributed by atoms with E-state index in [1.165, 1.54) is 11.1 Å². The van der Waals surface area contributed by atoms with Crippen LogP contribution in [-0.2, 0) is 19.5 Å². The van der Waals surface area contributed by atoms with Crippen molar-refractivity contribution in [1.82, 2.24) is 20.4 Å². The van der Waals surface area contributed by atoms with E-state index >= 15 is 0 Å². The molecule has 0 fully saturated rings. The summed E-state index contributed by atoms with van der Waals surface area (Å²) in [7, 11) is 5.31. The Morgan fingerprint density at radius 3 is 2.47 bits per heavy atom. The van der Waals surface area contributed by atoms with Crippen molar-refractivity contribution in [1.29, 1.82) is 0 Å². The third-order valence-corrected chi connectivity index (χ3v) is 5.64. The van der Waals surface area contributed by atoms with E-state index in [2.05, 4.69) is 51.7 Å². The number of carbonyl (C=O) groups is 1. The van der Waals surface area contributed by atoms with Gasteiger partial charge >= 0.3 is 0 Å². The summed E-state index contributed by atoms with van der Waals surface area (Å²) in [6.45, 7) is 5.83. The standard InChI is InChI=1S/C24H33N5O/c1-18(29-14-13-20-7-5-6-8-22(20)17-29)15-26-24(25-2)27-16-19-9-11-21(12-10-19)23(30)28(3)4/h5-12,18H,13-17H2,1-4H3,(H2,25,26,27). The van der Waals surface area contributed by atoms with Crippen LogP contribution in [0.3, 0.4) is 0 Å². The second-order valence-corrected chi connectivity index (χ2v) is 8.04. The van der Waals surface area contributed by atoms with Gasteiger partial charge in [-0.25, -0.2) is 0 Å². The van der Waals surface area contributed by atoms with E-state index in [-0.39, 0.29) is 5.91 Å². The summed E-state index contributed by atoms with van der Waals surface area (Å²) in [6.07, 6.45) is 1.11. The molecule has 30 heavy (non-hydrogen) atoms. The molecule has 1 heterocycles. The molecule has 3 rings (SSSR count). The number of nitrogens with zero attached hydrogens (tertiary/aromatic N) is 3. The second-order valence-electron chi connectivity index (χ2n) is 8.04. The number of amides is 1. The average Bonchev–Trinajstić information content (AvgIpc) is 2.78. The first kappa shape index (κ1) is 21.8. The molecular weight excluding hydrogens is 374 g/mol. The molecule has 2 aromatic rings. The van der Waals surface area contributed by atoms with Crippen LogP contribution in [0.4, 0.5) is 0 Å². The molecule has 0 aliphatic carbocycles. The molecule has 6 heteroatoms. The van der Waals surface area contributed by atoms with Gasteiger partial charge in [-0.05, 0) is 42.2 Å². The lowest BCUT2D eigenvalue weighted by Gasteiger charge is -2.34. The topological polar surface area (TPSA) is 60.0 Å². The second kappa shape index (κ2) is 10.3. The van der Waals surface area contributed by atoms with E-state index in [0.29, 0.717) is 18.2 Å². The van der Waals surface area contributed by atoms with Crippen LogP contribution in [-0.4, -0.2) is 61.9 Å². The van der Waals surface area contributed by atoms with Gasteiger partial charge in [0.1, 0.15) is 0 Å². The molecule has 2 aromatic carbocycles. The molecule has 2 N–H and O–H groups in total. The molecular formula is C24H33N5O. The fourth-order valence-corrected chi connectivity index (χ4v) is 3.70. The highest BCUT2D eigenvalue weighted by molar-refractivity contribution is 5.93. The van der Waals surface area contributed by atoms with E-state index < -0.39 is 0 Å². The normalized spacial score (nSPS) is 15.3. The van der Waals surface area contributed by atoms with E-state index in [1.54, 1.807) is 26.0 Å². The van der Waals surface area contributed by atoms with Crippen LogP contribution in [0.1, 0.15) is 34.0 Å². The zero-order valence-electron chi connectivity index (χ0n) is 18.5. The van der Waals surface area contributed by atoms with E-state index in [1.807, 2.05) is 24.3 Å². The summed E-state index contributed by atoms with van der Waals surface area (Å²) >= 11 is 0. The van der Waals surface area contributed by atoms with Gasteiger partial charge in [0.25, 0.3) is 5.91 Å². The summed E-state index contributed by atoms with van der Waals surface area (Å²) in [5.41, 5.74) is 4.72. The van der Waals surface area contributed by atoms with Gasteiger partial charge in [-0.2, -0.15) is 0 Å². The predicted octanol–water partition coefficient (Wildman–Crippen LogP) is 2.50. The quantitative estimate of drug-likeness (QED) is 0.571. The summed E-state index contributed by atoms with van der Waals surface area (Å²) in [4.78, 5) is 20.4. The van der Waals surface area contributed by atoms with Crippen LogP contribution >= 0.6 is 0 Å². The number of hydrogen-bond acceptors (Lipinski definition) is 3. The molecule has 1 aliphatic rings. The molecule has 0 saturated heterocycles. The number of nitrogens with one attached hydrogen (secondary N) is 2. The Hall–Kier alpha value is -2.86. The summed E-state index contributed by atoms with van der Waals surface area (Å²) in [5, 5.41) is 6.80. The number of rotatable bonds is 6. The van der Waals surface area contributed by atoms with E-state index in [9.17, 15) is 4.79 Å². The Balaban J connectivity index is 1.46. The third-order valence-electron chi connectivity index (χ3n) is 5.64. The Labute approximate surface area is 180 Å². The van der Waals surface area contributed by atoms with Gasteiger partial charge in [0, 0.05) is 58.9 Å². The Morgan fingerprint density at radius 2 is 1.80 bits per heavy atom. The first-order valence-corrected chi connectivity index (χ1v) is 10.5. The Morgan fingerprint density at radius 1 is 1.10 bits per heavy atom. The van der Waals surface area contributed by atoms with Crippen LogP contribution in [0.5, 0.6) is 0 Å². The number of aliphatic imine (C=N–C) groups is 1. The van der Waals surface area contributed by atoms with Gasteiger partial charge in [0.05, 0.1) is 0 Å². The fourth-order valence-electron chi connectivity index (χ4n) is 3.70. The van der Waals surface area contributed by atoms with Gasteiger partial charge < -0.3 is 15.5 Å². The summed E-state index contributed by atoms with van der Waals surface area (Å²) < 4.78 is 0. The number of guanidine groups is 1. The third kappa shape index (κ3) is 5.60. The largest absolute Gasteiger partial charge is 0.355 e. The van der Waals surface area contributed by atoms with Crippen molar-refractivity contribution in [2.45, 2.75) is 32.5 Å². The molecule has 0 bridgehead atoms. The number of benzene rings is 2. The highest BCUT2D eigenvalue weighted by Crippen LogP contribution is 2.19. The lowest BCUT2D eigenvalue weighted by molar-refractivity contribution is 0.0827. The number of hydrogen-bond donors (Lipinski definition) is 2. The van der Waals surface area contributed by atoms with Crippen molar-refractivity contribution in [2.75, 3.05) is 34.2 Å². The molecule has 1 aliphatic heterocycles.